The van der Waals surface area contributed by atoms with Crippen molar-refractivity contribution in [1.82, 2.24) is 4.57 Å². The second kappa shape index (κ2) is 5.18. The highest BCUT2D eigenvalue weighted by molar-refractivity contribution is 7.98. The van der Waals surface area contributed by atoms with Crippen molar-refractivity contribution in [2.45, 2.75) is 39.5 Å². The van der Waals surface area contributed by atoms with Gasteiger partial charge in [0.1, 0.15) is 0 Å². The number of aromatic nitrogens is 1. The summed E-state index contributed by atoms with van der Waals surface area (Å²) in [6, 6.07) is 7.16. The highest BCUT2D eigenvalue weighted by atomic mass is 32.2. The van der Waals surface area contributed by atoms with Crippen LogP contribution in [0.15, 0.2) is 24.4 Å². The molecule has 2 aromatic rings. The highest BCUT2D eigenvalue weighted by Crippen LogP contribution is 2.29. The molecule has 0 amide bonds. The van der Waals surface area contributed by atoms with Gasteiger partial charge in [0.25, 0.3) is 0 Å². The zero-order chi connectivity index (χ0) is 12.4. The van der Waals surface area contributed by atoms with Gasteiger partial charge in [-0.1, -0.05) is 25.1 Å². The first-order valence-electron chi connectivity index (χ1n) is 6.32. The maximum atomic E-state index is 2.41. The number of hydrogen-bond acceptors (Lipinski definition) is 1. The van der Waals surface area contributed by atoms with Crippen molar-refractivity contribution in [2.75, 3.05) is 5.75 Å². The fraction of sp³-hybridized carbons (Fsp3) is 0.467. The number of benzene rings is 1. The SMILES string of the molecule is CCSCc1cn(C(C)C)c2c(C)cccc12. The molecular weight excluding hydrogens is 226 g/mol. The quantitative estimate of drug-likeness (QED) is 0.752. The molecule has 0 unspecified atom stereocenters. The molecular formula is C15H21NS. The first-order chi connectivity index (χ1) is 8.15. The van der Waals surface area contributed by atoms with Crippen LogP contribution < -0.4 is 0 Å². The Hall–Kier alpha value is -0.890. The van der Waals surface area contributed by atoms with E-state index in [-0.39, 0.29) is 0 Å². The third-order valence-electron chi connectivity index (χ3n) is 3.15. The van der Waals surface area contributed by atoms with Crippen molar-refractivity contribution in [3.63, 3.8) is 0 Å². The average molecular weight is 247 g/mol. The van der Waals surface area contributed by atoms with Crippen LogP contribution >= 0.6 is 11.8 Å². The van der Waals surface area contributed by atoms with Crippen LogP contribution in [0.25, 0.3) is 10.9 Å². The minimum atomic E-state index is 0.527. The predicted molar refractivity (Wildman–Crippen MR) is 78.9 cm³/mol. The topological polar surface area (TPSA) is 4.93 Å². The molecule has 0 aliphatic carbocycles. The minimum Gasteiger partial charge on any atom is -0.344 e. The summed E-state index contributed by atoms with van der Waals surface area (Å²) in [6.07, 6.45) is 2.34. The highest BCUT2D eigenvalue weighted by Gasteiger charge is 2.11. The van der Waals surface area contributed by atoms with E-state index in [0.717, 1.165) is 5.75 Å². The molecule has 0 aliphatic heterocycles. The zero-order valence-electron chi connectivity index (χ0n) is 11.2. The summed E-state index contributed by atoms with van der Waals surface area (Å²) in [6.45, 7) is 8.93. The fourth-order valence-corrected chi connectivity index (χ4v) is 2.95. The molecule has 17 heavy (non-hydrogen) atoms. The van der Waals surface area contributed by atoms with Crippen molar-refractivity contribution in [2.24, 2.45) is 0 Å². The molecule has 0 aliphatic rings. The van der Waals surface area contributed by atoms with Gasteiger partial charge in [-0.05, 0) is 37.7 Å². The minimum absolute atomic E-state index is 0.527. The summed E-state index contributed by atoms with van der Waals surface area (Å²) in [5.41, 5.74) is 4.27. The van der Waals surface area contributed by atoms with Crippen LogP contribution in [0, 0.1) is 6.92 Å². The molecule has 2 heteroatoms. The van der Waals surface area contributed by atoms with Crippen LogP contribution in [-0.4, -0.2) is 10.3 Å². The van der Waals surface area contributed by atoms with Gasteiger partial charge in [0, 0.05) is 23.4 Å². The second-order valence-corrected chi connectivity index (χ2v) is 6.04. The van der Waals surface area contributed by atoms with Crippen LogP contribution in [0.3, 0.4) is 0 Å². The molecule has 1 nitrogen and oxygen atoms in total. The normalized spacial score (nSPS) is 11.6. The molecule has 0 radical (unpaired) electrons. The standard InChI is InChI=1S/C15H21NS/c1-5-17-10-13-9-16(11(2)3)15-12(4)7-6-8-14(13)15/h6-9,11H,5,10H2,1-4H3. The summed E-state index contributed by atoms with van der Waals surface area (Å²) in [7, 11) is 0. The summed E-state index contributed by atoms with van der Waals surface area (Å²) >= 11 is 1.99. The predicted octanol–water partition coefficient (Wildman–Crippen LogP) is 4.78. The summed E-state index contributed by atoms with van der Waals surface area (Å²) in [5.74, 6) is 2.30. The van der Waals surface area contributed by atoms with Crippen molar-refractivity contribution >= 4 is 22.7 Å². The van der Waals surface area contributed by atoms with Crippen molar-refractivity contribution < 1.29 is 0 Å². The van der Waals surface area contributed by atoms with E-state index in [2.05, 4.69) is 56.7 Å². The van der Waals surface area contributed by atoms with Crippen molar-refractivity contribution in [3.8, 4) is 0 Å². The largest absolute Gasteiger partial charge is 0.344 e. The molecule has 0 atom stereocenters. The molecule has 92 valence electrons. The van der Waals surface area contributed by atoms with Crippen LogP contribution in [0.2, 0.25) is 0 Å². The van der Waals surface area contributed by atoms with E-state index in [1.807, 2.05) is 11.8 Å². The average Bonchev–Trinajstić information content (AvgIpc) is 2.67. The van der Waals surface area contributed by atoms with Gasteiger partial charge in [-0.2, -0.15) is 11.8 Å². The fourth-order valence-electron chi connectivity index (χ4n) is 2.30. The van der Waals surface area contributed by atoms with Crippen LogP contribution in [0.1, 0.15) is 37.9 Å². The lowest BCUT2D eigenvalue weighted by Gasteiger charge is -2.10. The first kappa shape index (κ1) is 12.6. The van der Waals surface area contributed by atoms with E-state index in [1.54, 1.807) is 0 Å². The van der Waals surface area contributed by atoms with Gasteiger partial charge in [-0.25, -0.2) is 0 Å². The smallest absolute Gasteiger partial charge is 0.0515 e. The lowest BCUT2D eigenvalue weighted by molar-refractivity contribution is 0.621. The maximum absolute atomic E-state index is 2.41. The Kier molecular flexibility index (Phi) is 3.82. The van der Waals surface area contributed by atoms with Gasteiger partial charge < -0.3 is 4.57 Å². The molecule has 1 aromatic heterocycles. The molecule has 1 heterocycles. The van der Waals surface area contributed by atoms with Crippen molar-refractivity contribution in [3.05, 3.63) is 35.5 Å². The van der Waals surface area contributed by atoms with Gasteiger partial charge >= 0.3 is 0 Å². The number of aryl methyl sites for hydroxylation is 1. The summed E-state index contributed by atoms with van der Waals surface area (Å²) in [4.78, 5) is 0. The van der Waals surface area contributed by atoms with E-state index in [0.29, 0.717) is 6.04 Å². The monoisotopic (exact) mass is 247 g/mol. The number of para-hydroxylation sites is 1. The molecule has 0 fully saturated rings. The number of rotatable bonds is 4. The van der Waals surface area contributed by atoms with Gasteiger partial charge in [0.2, 0.25) is 0 Å². The number of nitrogens with zero attached hydrogens (tertiary/aromatic N) is 1. The lowest BCUT2D eigenvalue weighted by Crippen LogP contribution is -1.99. The van der Waals surface area contributed by atoms with E-state index in [9.17, 15) is 0 Å². The summed E-state index contributed by atoms with van der Waals surface area (Å²) < 4.78 is 2.41. The Labute approximate surface area is 108 Å². The van der Waals surface area contributed by atoms with Gasteiger partial charge in [-0.15, -0.1) is 0 Å². The molecule has 0 bridgehead atoms. The Balaban J connectivity index is 2.58. The van der Waals surface area contributed by atoms with E-state index in [1.165, 1.54) is 27.8 Å². The maximum Gasteiger partial charge on any atom is 0.0515 e. The van der Waals surface area contributed by atoms with Crippen molar-refractivity contribution in [1.29, 1.82) is 0 Å². The molecule has 0 N–H and O–H groups in total. The Morgan fingerprint density at radius 3 is 2.71 bits per heavy atom. The Morgan fingerprint density at radius 1 is 1.29 bits per heavy atom. The lowest BCUT2D eigenvalue weighted by atomic mass is 10.1. The Morgan fingerprint density at radius 2 is 2.06 bits per heavy atom. The third kappa shape index (κ3) is 2.37. The third-order valence-corrected chi connectivity index (χ3v) is 4.08. The van der Waals surface area contributed by atoms with Gasteiger partial charge in [0.05, 0.1) is 5.52 Å². The number of thioether (sulfide) groups is 1. The van der Waals surface area contributed by atoms with Crippen LogP contribution in [-0.2, 0) is 5.75 Å². The molecule has 0 spiro atoms. The first-order valence-corrected chi connectivity index (χ1v) is 7.47. The van der Waals surface area contributed by atoms with Gasteiger partial charge in [0.15, 0.2) is 0 Å². The number of hydrogen-bond donors (Lipinski definition) is 0. The van der Waals surface area contributed by atoms with Crippen LogP contribution in [0.5, 0.6) is 0 Å². The summed E-state index contributed by atoms with van der Waals surface area (Å²) in [5, 5.41) is 1.43. The zero-order valence-corrected chi connectivity index (χ0v) is 12.0. The molecule has 1 aromatic carbocycles. The molecule has 2 rings (SSSR count). The van der Waals surface area contributed by atoms with Crippen LogP contribution in [0.4, 0.5) is 0 Å². The van der Waals surface area contributed by atoms with Gasteiger partial charge in [-0.3, -0.25) is 0 Å². The molecule has 0 saturated carbocycles. The van der Waals surface area contributed by atoms with E-state index >= 15 is 0 Å². The second-order valence-electron chi connectivity index (χ2n) is 4.76. The van der Waals surface area contributed by atoms with E-state index in [4.69, 9.17) is 0 Å². The number of fused-ring (bicyclic) bond motifs is 1. The molecule has 0 saturated heterocycles. The Bertz CT molecular complexity index is 511. The van der Waals surface area contributed by atoms with E-state index < -0.39 is 0 Å².